The van der Waals surface area contributed by atoms with Gasteiger partial charge in [-0.25, -0.2) is 9.13 Å². The molecule has 0 rings (SSSR count). The summed E-state index contributed by atoms with van der Waals surface area (Å²) < 4.78 is 68.7. The normalized spacial score (nSPS) is 13.8. The van der Waals surface area contributed by atoms with Gasteiger partial charge in [0.1, 0.15) is 19.3 Å². The molecule has 0 aliphatic heterocycles. The molecule has 0 saturated heterocycles. The lowest BCUT2D eigenvalue weighted by atomic mass is 10.0. The highest BCUT2D eigenvalue weighted by Gasteiger charge is 2.30. The average Bonchev–Trinajstić information content (AvgIpc) is 0.946. The highest BCUT2D eigenvalue weighted by molar-refractivity contribution is 7.47. The molecule has 0 aliphatic rings. The van der Waals surface area contributed by atoms with Crippen LogP contribution >= 0.6 is 15.6 Å². The Hall–Kier alpha value is -1.94. The number of rotatable bonds is 81. The molecule has 0 aromatic heterocycles. The van der Waals surface area contributed by atoms with Crippen molar-refractivity contribution in [1.29, 1.82) is 0 Å². The maximum Gasteiger partial charge on any atom is 0.472 e. The van der Waals surface area contributed by atoms with E-state index in [2.05, 4.69) is 34.6 Å². The van der Waals surface area contributed by atoms with Crippen LogP contribution in [0.3, 0.4) is 0 Å². The molecule has 0 spiro atoms. The van der Waals surface area contributed by atoms with Gasteiger partial charge in [-0.05, 0) is 31.6 Å². The molecule has 594 valence electrons. The predicted octanol–water partition coefficient (Wildman–Crippen LogP) is 24.4. The van der Waals surface area contributed by atoms with Crippen LogP contribution in [0.4, 0.5) is 0 Å². The molecule has 0 aromatic carbocycles. The van der Waals surface area contributed by atoms with Crippen molar-refractivity contribution in [2.45, 2.75) is 451 Å². The quantitative estimate of drug-likeness (QED) is 0.0222. The number of esters is 4. The fraction of sp³-hybridized carbons (Fsp3) is 0.951. The minimum atomic E-state index is -4.96. The molecule has 17 nitrogen and oxygen atoms in total. The first kappa shape index (κ1) is 98.1. The number of ether oxygens (including phenoxy) is 4. The van der Waals surface area contributed by atoms with Crippen molar-refractivity contribution >= 4 is 39.5 Å². The number of phosphoric acid groups is 2. The third-order valence-electron chi connectivity index (χ3n) is 19.0. The number of aliphatic hydroxyl groups is 1. The van der Waals surface area contributed by atoms with Crippen molar-refractivity contribution in [2.24, 2.45) is 5.92 Å². The van der Waals surface area contributed by atoms with E-state index < -0.39 is 97.5 Å². The molecule has 0 radical (unpaired) electrons. The molecule has 0 fully saturated rings. The number of unbranched alkanes of at least 4 members (excludes halogenated alkanes) is 53. The van der Waals surface area contributed by atoms with Gasteiger partial charge in [0.2, 0.25) is 0 Å². The summed E-state index contributed by atoms with van der Waals surface area (Å²) in [5, 5.41) is 10.6. The minimum Gasteiger partial charge on any atom is -0.462 e. The maximum atomic E-state index is 13.1. The number of hydrogen-bond donors (Lipinski definition) is 3. The third-order valence-corrected chi connectivity index (χ3v) is 20.9. The molecule has 0 bridgehead atoms. The van der Waals surface area contributed by atoms with Gasteiger partial charge in [0.25, 0.3) is 0 Å². The van der Waals surface area contributed by atoms with E-state index >= 15 is 0 Å². The van der Waals surface area contributed by atoms with Crippen LogP contribution in [-0.4, -0.2) is 96.7 Å². The summed E-state index contributed by atoms with van der Waals surface area (Å²) in [6.45, 7) is 7.34. The van der Waals surface area contributed by atoms with Crippen LogP contribution in [0.25, 0.3) is 0 Å². The molecule has 0 amide bonds. The van der Waals surface area contributed by atoms with Crippen molar-refractivity contribution in [2.75, 3.05) is 39.6 Å². The van der Waals surface area contributed by atoms with Gasteiger partial charge in [0.05, 0.1) is 26.4 Å². The fourth-order valence-electron chi connectivity index (χ4n) is 12.6. The van der Waals surface area contributed by atoms with Crippen molar-refractivity contribution in [1.82, 2.24) is 0 Å². The largest absolute Gasteiger partial charge is 0.472 e. The van der Waals surface area contributed by atoms with E-state index in [4.69, 9.17) is 37.0 Å². The zero-order valence-corrected chi connectivity index (χ0v) is 67.1. The molecule has 0 aliphatic carbocycles. The number of phosphoric ester groups is 2. The van der Waals surface area contributed by atoms with Crippen LogP contribution in [0.1, 0.15) is 433 Å². The zero-order chi connectivity index (χ0) is 73.4. The smallest absolute Gasteiger partial charge is 0.462 e. The van der Waals surface area contributed by atoms with Crippen molar-refractivity contribution in [3.05, 3.63) is 0 Å². The molecule has 2 unspecified atom stereocenters. The lowest BCUT2D eigenvalue weighted by Crippen LogP contribution is -2.30. The Kier molecular flexibility index (Phi) is 72.5. The van der Waals surface area contributed by atoms with Crippen LogP contribution in [-0.2, 0) is 65.4 Å². The highest BCUT2D eigenvalue weighted by atomic mass is 31.2. The molecule has 3 N–H and O–H groups in total. The van der Waals surface area contributed by atoms with E-state index in [0.717, 1.165) is 95.8 Å². The number of aliphatic hydroxyl groups excluding tert-OH is 1. The Balaban J connectivity index is 5.23. The Labute approximate surface area is 613 Å². The van der Waals surface area contributed by atoms with E-state index in [0.29, 0.717) is 25.7 Å². The number of carbonyl (C=O) groups excluding carboxylic acids is 4. The maximum absolute atomic E-state index is 13.1. The second-order valence-electron chi connectivity index (χ2n) is 29.6. The van der Waals surface area contributed by atoms with Crippen molar-refractivity contribution < 1.29 is 80.2 Å². The topological polar surface area (TPSA) is 237 Å². The lowest BCUT2D eigenvalue weighted by molar-refractivity contribution is -0.161. The molecule has 0 heterocycles. The summed E-state index contributed by atoms with van der Waals surface area (Å²) in [4.78, 5) is 73.0. The molecule has 0 saturated carbocycles. The highest BCUT2D eigenvalue weighted by Crippen LogP contribution is 2.45. The predicted molar refractivity (Wildman–Crippen MR) is 409 cm³/mol. The molecular formula is C81H158O17P2. The van der Waals surface area contributed by atoms with Crippen LogP contribution in [0.2, 0.25) is 0 Å². The standard InChI is InChI=1S/C81H158O17P2/c1-6-9-12-15-18-21-24-26-28-29-30-31-32-33-35-42-47-52-57-62-67-81(86)98-77(71-92-79(84)65-60-55-50-45-40-37-36-39-43-48-53-58-63-74(4)5)73-96-100(89,90)94-69-75(82)68-93-99(87,88)95-72-76(70-91-78(83)64-59-54-49-44-38-23-20-17-14-11-8-3)97-80(85)66-61-56-51-46-41-34-27-25-22-19-16-13-10-7-2/h74-77,82H,6-73H2,1-5H3,(H,87,88)(H,89,90)/t75-,76+,77+/m0/s1. The molecule has 100 heavy (non-hydrogen) atoms. The summed E-state index contributed by atoms with van der Waals surface area (Å²) in [6.07, 6.45) is 65.1. The van der Waals surface area contributed by atoms with Gasteiger partial charge in [0.15, 0.2) is 12.2 Å². The molecule has 0 aromatic rings. The monoisotopic (exact) mass is 1470 g/mol. The van der Waals surface area contributed by atoms with E-state index in [1.54, 1.807) is 0 Å². The SMILES string of the molecule is CCCCCCCCCCCCCCCCCCCCCCC(=O)O[C@H](COC(=O)CCCCCCCCCCCCCCC(C)C)COP(=O)(O)OC[C@@H](O)COP(=O)(O)OC[C@@H](COC(=O)CCCCCCCCCCCCC)OC(=O)CCCCCCCCCCCCCCCC. The zero-order valence-electron chi connectivity index (χ0n) is 65.3. The molecule has 5 atom stereocenters. The first-order valence-corrected chi connectivity index (χ1v) is 45.1. The minimum absolute atomic E-state index is 0.109. The van der Waals surface area contributed by atoms with Crippen LogP contribution in [0.15, 0.2) is 0 Å². The van der Waals surface area contributed by atoms with E-state index in [1.807, 2.05) is 0 Å². The Morgan fingerprint density at radius 1 is 0.270 bits per heavy atom. The van der Waals surface area contributed by atoms with Crippen molar-refractivity contribution in [3.8, 4) is 0 Å². The summed E-state index contributed by atoms with van der Waals surface area (Å²) in [5.74, 6) is -1.32. The second-order valence-corrected chi connectivity index (χ2v) is 32.5. The van der Waals surface area contributed by atoms with Gasteiger partial charge in [-0.3, -0.25) is 37.3 Å². The van der Waals surface area contributed by atoms with E-state index in [9.17, 15) is 43.2 Å². The van der Waals surface area contributed by atoms with Gasteiger partial charge < -0.3 is 33.8 Å². The van der Waals surface area contributed by atoms with Crippen LogP contribution in [0, 0.1) is 5.92 Å². The fourth-order valence-corrected chi connectivity index (χ4v) is 14.2. The first-order valence-electron chi connectivity index (χ1n) is 42.1. The van der Waals surface area contributed by atoms with E-state index in [1.165, 1.54) is 257 Å². The Morgan fingerprint density at radius 2 is 0.460 bits per heavy atom. The van der Waals surface area contributed by atoms with Gasteiger partial charge in [-0.2, -0.15) is 0 Å². The van der Waals surface area contributed by atoms with E-state index in [-0.39, 0.29) is 25.7 Å². The summed E-state index contributed by atoms with van der Waals surface area (Å²) >= 11 is 0. The summed E-state index contributed by atoms with van der Waals surface area (Å²) in [7, 11) is -9.92. The first-order chi connectivity index (χ1) is 48.5. The number of hydrogen-bond acceptors (Lipinski definition) is 15. The Bertz CT molecular complexity index is 1910. The Morgan fingerprint density at radius 3 is 0.680 bits per heavy atom. The van der Waals surface area contributed by atoms with Gasteiger partial charge in [0, 0.05) is 25.7 Å². The van der Waals surface area contributed by atoms with Gasteiger partial charge in [-0.15, -0.1) is 0 Å². The molecular weight excluding hydrogens is 1310 g/mol. The van der Waals surface area contributed by atoms with Crippen LogP contribution < -0.4 is 0 Å². The second kappa shape index (κ2) is 73.9. The summed E-state index contributed by atoms with van der Waals surface area (Å²) in [6, 6.07) is 0. The average molecular weight is 1470 g/mol. The van der Waals surface area contributed by atoms with Gasteiger partial charge in [-0.1, -0.05) is 381 Å². The van der Waals surface area contributed by atoms with Crippen molar-refractivity contribution in [3.63, 3.8) is 0 Å². The third kappa shape index (κ3) is 74.3. The molecule has 19 heteroatoms. The van der Waals surface area contributed by atoms with Crippen LogP contribution in [0.5, 0.6) is 0 Å². The summed E-state index contributed by atoms with van der Waals surface area (Å²) in [5.41, 5.74) is 0. The van der Waals surface area contributed by atoms with Gasteiger partial charge >= 0.3 is 39.5 Å². The lowest BCUT2D eigenvalue weighted by Gasteiger charge is -2.21. The number of carbonyl (C=O) groups is 4.